The van der Waals surface area contributed by atoms with Crippen molar-refractivity contribution in [2.75, 3.05) is 39.6 Å². The van der Waals surface area contributed by atoms with E-state index in [1.54, 1.807) is 0 Å². The van der Waals surface area contributed by atoms with Crippen molar-refractivity contribution in [1.82, 2.24) is 0 Å². The van der Waals surface area contributed by atoms with E-state index in [9.17, 15) is 43.2 Å². The monoisotopic (exact) mass is 1470 g/mol. The van der Waals surface area contributed by atoms with Crippen LogP contribution < -0.4 is 0 Å². The third kappa shape index (κ3) is 73.5. The average Bonchev–Trinajstić information content (AvgIpc) is 0.909. The van der Waals surface area contributed by atoms with Crippen LogP contribution in [0, 0.1) is 0 Å². The maximum absolute atomic E-state index is 13.1. The van der Waals surface area contributed by atoms with Gasteiger partial charge in [0.15, 0.2) is 12.2 Å². The van der Waals surface area contributed by atoms with Gasteiger partial charge < -0.3 is 33.8 Å². The van der Waals surface area contributed by atoms with Gasteiger partial charge in [0.1, 0.15) is 19.3 Å². The Labute approximate surface area is 618 Å². The molecule has 0 rings (SSSR count). The first-order chi connectivity index (χ1) is 49.7. The summed E-state index contributed by atoms with van der Waals surface area (Å²) in [6, 6.07) is 0. The van der Waals surface area contributed by atoms with Crippen molar-refractivity contribution in [3.63, 3.8) is 0 Å². The second-order valence-electron chi connectivity index (χ2n) is 25.9. The molecule has 0 aliphatic carbocycles. The number of hydrogen-bond acceptors (Lipinski definition) is 15. The SMILES string of the molecule is CCCCC/C=C\C/C=C\C/C=C\C/C=C\CCCC(=O)OC[C@H](COP(=O)(O)OC[C@@H](O)COP(=O)(O)OC[C@@H](COC(=O)CCCCCCC/C=C\C/C=C\CCCCC)OC(=O)CCC/C=C\C/C=C\C/C=C\C/C=C\CCCCC)OC(=O)CCCCCCC/C=C\CCCCCC. The summed E-state index contributed by atoms with van der Waals surface area (Å²) < 4.78 is 68.4. The number of aliphatic hydroxyl groups is 1. The summed E-state index contributed by atoms with van der Waals surface area (Å²) in [5.41, 5.74) is 0. The lowest BCUT2D eigenvalue weighted by Crippen LogP contribution is -2.30. The number of phosphoric ester groups is 2. The summed E-state index contributed by atoms with van der Waals surface area (Å²) in [5, 5.41) is 10.6. The standard InChI is InChI=1S/C83H140O17P2/c1-5-9-13-17-21-25-29-33-36-38-41-45-48-52-56-60-64-68-81(86)94-73-78(99-82(87)69-65-61-57-53-49-43-32-28-24-20-16-12-8-4)75-97-101(89,90)95-71-77(84)72-96-102(91,92)98-76-79(74-93-80(85)67-63-59-55-51-47-44-40-35-31-27-23-19-15-11-7-3)100-83(88)70-66-62-58-54-50-46-42-39-37-34-30-26-22-18-14-10-6-2/h21-23,25-28,32-37,40-42,45-46,52,54,56,58,77-79,84H,5-20,24,29-31,38-39,43-44,47-51,53,55,57,59-76H2,1-4H3,(H,89,90)(H,91,92)/b25-21-,26-22-,27-23-,32-28-,36-33-,37-34-,40-35-,45-41-,46-42-,56-52-,58-54-/t77-,78-,79-/m1/s1. The highest BCUT2D eigenvalue weighted by Crippen LogP contribution is 2.45. The summed E-state index contributed by atoms with van der Waals surface area (Å²) in [6.45, 7) is 4.62. The molecule has 0 heterocycles. The van der Waals surface area contributed by atoms with E-state index >= 15 is 0 Å². The summed E-state index contributed by atoms with van der Waals surface area (Å²) in [6.07, 6.45) is 83.0. The first-order valence-electron chi connectivity index (χ1n) is 39.4. The topological polar surface area (TPSA) is 237 Å². The normalized spacial score (nSPS) is 14.6. The Balaban J connectivity index is 5.47. The van der Waals surface area contributed by atoms with E-state index < -0.39 is 97.5 Å². The first kappa shape index (κ1) is 97.2. The molecule has 5 atom stereocenters. The van der Waals surface area contributed by atoms with E-state index in [0.717, 1.165) is 135 Å². The van der Waals surface area contributed by atoms with Crippen LogP contribution in [-0.2, 0) is 65.4 Å². The third-order valence-electron chi connectivity index (χ3n) is 16.1. The lowest BCUT2D eigenvalue weighted by atomic mass is 10.1. The number of carbonyl (C=O) groups is 4. The minimum Gasteiger partial charge on any atom is -0.462 e. The molecule has 0 spiro atoms. The van der Waals surface area contributed by atoms with E-state index in [2.05, 4.69) is 137 Å². The largest absolute Gasteiger partial charge is 0.472 e. The zero-order chi connectivity index (χ0) is 74.6. The molecule has 0 aliphatic heterocycles. The van der Waals surface area contributed by atoms with Gasteiger partial charge in [-0.1, -0.05) is 258 Å². The van der Waals surface area contributed by atoms with Gasteiger partial charge in [0.25, 0.3) is 0 Å². The van der Waals surface area contributed by atoms with Gasteiger partial charge in [-0.05, 0) is 161 Å². The van der Waals surface area contributed by atoms with Gasteiger partial charge in [-0.15, -0.1) is 0 Å². The van der Waals surface area contributed by atoms with Crippen molar-refractivity contribution in [1.29, 1.82) is 0 Å². The Morgan fingerprint density at radius 3 is 0.814 bits per heavy atom. The van der Waals surface area contributed by atoms with E-state index in [1.807, 2.05) is 24.3 Å². The molecule has 0 saturated carbocycles. The molecule has 19 heteroatoms. The van der Waals surface area contributed by atoms with E-state index in [4.69, 9.17) is 37.0 Å². The molecule has 0 aromatic carbocycles. The van der Waals surface area contributed by atoms with E-state index in [1.165, 1.54) is 83.5 Å². The number of ether oxygens (including phenoxy) is 4. The zero-order valence-electron chi connectivity index (χ0n) is 63.7. The molecule has 2 unspecified atom stereocenters. The number of hydrogen-bond donors (Lipinski definition) is 3. The molecule has 584 valence electrons. The Hall–Kier alpha value is -4.80. The van der Waals surface area contributed by atoms with Crippen molar-refractivity contribution >= 4 is 39.5 Å². The van der Waals surface area contributed by atoms with Crippen LogP contribution >= 0.6 is 15.6 Å². The molecular formula is C83H140O17P2. The Morgan fingerprint density at radius 2 is 0.490 bits per heavy atom. The highest BCUT2D eigenvalue weighted by molar-refractivity contribution is 7.47. The molecule has 102 heavy (non-hydrogen) atoms. The number of aliphatic hydroxyl groups excluding tert-OH is 1. The van der Waals surface area contributed by atoms with Gasteiger partial charge in [-0.25, -0.2) is 9.13 Å². The maximum Gasteiger partial charge on any atom is 0.472 e. The molecule has 0 aromatic heterocycles. The predicted octanol–water partition coefficient (Wildman–Crippen LogP) is 22.9. The zero-order valence-corrected chi connectivity index (χ0v) is 65.5. The van der Waals surface area contributed by atoms with Crippen LogP contribution in [0.15, 0.2) is 134 Å². The van der Waals surface area contributed by atoms with Crippen LogP contribution in [0.25, 0.3) is 0 Å². The molecule has 0 amide bonds. The molecule has 0 aromatic rings. The van der Waals surface area contributed by atoms with Gasteiger partial charge in [0.2, 0.25) is 0 Å². The summed E-state index contributed by atoms with van der Waals surface area (Å²) in [7, 11) is -10.00. The maximum atomic E-state index is 13.1. The Kier molecular flexibility index (Phi) is 71.0. The predicted molar refractivity (Wildman–Crippen MR) is 418 cm³/mol. The van der Waals surface area contributed by atoms with E-state index in [-0.39, 0.29) is 25.7 Å². The quantitative estimate of drug-likeness (QED) is 0.0169. The smallest absolute Gasteiger partial charge is 0.462 e. The minimum atomic E-state index is -5.00. The molecule has 17 nitrogen and oxygen atoms in total. The highest BCUT2D eigenvalue weighted by Gasteiger charge is 2.30. The van der Waals surface area contributed by atoms with Crippen molar-refractivity contribution in [3.8, 4) is 0 Å². The molecule has 0 fully saturated rings. The fourth-order valence-electron chi connectivity index (χ4n) is 9.99. The molecule has 0 saturated heterocycles. The Bertz CT molecular complexity index is 2460. The first-order valence-corrected chi connectivity index (χ1v) is 42.4. The fraction of sp³-hybridized carbons (Fsp3) is 0.687. The third-order valence-corrected chi connectivity index (χ3v) is 18.0. The van der Waals surface area contributed by atoms with Crippen molar-refractivity contribution in [2.45, 2.75) is 329 Å². The van der Waals surface area contributed by atoms with Crippen molar-refractivity contribution in [3.05, 3.63) is 134 Å². The number of phosphoric acid groups is 2. The molecule has 0 radical (unpaired) electrons. The van der Waals surface area contributed by atoms with Crippen LogP contribution in [0.1, 0.15) is 310 Å². The van der Waals surface area contributed by atoms with Gasteiger partial charge in [-0.3, -0.25) is 37.3 Å². The second-order valence-corrected chi connectivity index (χ2v) is 28.8. The minimum absolute atomic E-state index is 0.0119. The fourth-order valence-corrected chi connectivity index (χ4v) is 11.6. The number of allylic oxidation sites excluding steroid dienone is 22. The van der Waals surface area contributed by atoms with E-state index in [0.29, 0.717) is 38.5 Å². The van der Waals surface area contributed by atoms with Crippen LogP contribution in [0.3, 0.4) is 0 Å². The number of carbonyl (C=O) groups excluding carboxylic acids is 4. The highest BCUT2D eigenvalue weighted by atomic mass is 31.2. The summed E-state index contributed by atoms with van der Waals surface area (Å²) in [4.78, 5) is 72.9. The summed E-state index contributed by atoms with van der Waals surface area (Å²) >= 11 is 0. The average molecular weight is 1470 g/mol. The van der Waals surface area contributed by atoms with Crippen molar-refractivity contribution < 1.29 is 80.2 Å². The van der Waals surface area contributed by atoms with Crippen LogP contribution in [0.5, 0.6) is 0 Å². The van der Waals surface area contributed by atoms with Gasteiger partial charge in [0, 0.05) is 25.7 Å². The van der Waals surface area contributed by atoms with Gasteiger partial charge >= 0.3 is 39.5 Å². The number of esters is 4. The Morgan fingerprint density at radius 1 is 0.275 bits per heavy atom. The van der Waals surface area contributed by atoms with Crippen LogP contribution in [-0.4, -0.2) is 96.7 Å². The molecular weight excluding hydrogens is 1330 g/mol. The molecule has 0 aliphatic rings. The summed E-state index contributed by atoms with van der Waals surface area (Å²) in [5.74, 6) is -2.33. The van der Waals surface area contributed by atoms with Crippen LogP contribution in [0.4, 0.5) is 0 Å². The van der Waals surface area contributed by atoms with Gasteiger partial charge in [-0.2, -0.15) is 0 Å². The molecule has 3 N–H and O–H groups in total. The second kappa shape index (κ2) is 74.5. The lowest BCUT2D eigenvalue weighted by molar-refractivity contribution is -0.161. The molecule has 0 bridgehead atoms. The van der Waals surface area contributed by atoms with Gasteiger partial charge in [0.05, 0.1) is 26.4 Å². The van der Waals surface area contributed by atoms with Crippen LogP contribution in [0.2, 0.25) is 0 Å². The lowest BCUT2D eigenvalue weighted by Gasteiger charge is -2.21. The number of unbranched alkanes of at least 4 members (excludes halogenated alkanes) is 25. The number of rotatable bonds is 73. The van der Waals surface area contributed by atoms with Crippen molar-refractivity contribution in [2.24, 2.45) is 0 Å².